The van der Waals surface area contributed by atoms with Crippen LogP contribution in [0.3, 0.4) is 0 Å². The van der Waals surface area contributed by atoms with Crippen LogP contribution in [0.25, 0.3) is 0 Å². The van der Waals surface area contributed by atoms with Crippen LogP contribution in [0.1, 0.15) is 37.0 Å². The maximum absolute atomic E-state index is 12.0. The Balaban J connectivity index is 2.64. The van der Waals surface area contributed by atoms with Crippen LogP contribution in [0.2, 0.25) is 0 Å². The molecule has 0 heterocycles. The molecule has 0 aliphatic rings. The molecule has 0 aliphatic carbocycles. The van der Waals surface area contributed by atoms with Gasteiger partial charge in [-0.05, 0) is 24.5 Å². The summed E-state index contributed by atoms with van der Waals surface area (Å²) in [5, 5.41) is 2.44. The van der Waals surface area contributed by atoms with Crippen molar-refractivity contribution < 1.29 is 9.59 Å². The van der Waals surface area contributed by atoms with Gasteiger partial charge in [-0.1, -0.05) is 44.5 Å². The Morgan fingerprint density at radius 2 is 1.95 bits per heavy atom. The summed E-state index contributed by atoms with van der Waals surface area (Å²) in [6, 6.07) is 8.74. The highest BCUT2D eigenvalue weighted by atomic mass is 16.2. The average Bonchev–Trinajstić information content (AvgIpc) is 2.44. The normalized spacial score (nSPS) is 13.4. The number of hydrogen-bond donors (Lipinski definition) is 1. The molecular formula is C16H21NO2. The lowest BCUT2D eigenvalue weighted by Crippen LogP contribution is -2.37. The number of benzene rings is 1. The van der Waals surface area contributed by atoms with Gasteiger partial charge in [0, 0.05) is 11.5 Å². The molecule has 0 spiro atoms. The van der Waals surface area contributed by atoms with E-state index in [2.05, 4.69) is 18.8 Å². The fourth-order valence-electron chi connectivity index (χ4n) is 1.99. The minimum atomic E-state index is -0.350. The van der Waals surface area contributed by atoms with E-state index in [0.717, 1.165) is 12.8 Å². The van der Waals surface area contributed by atoms with Crippen molar-refractivity contribution in [2.45, 2.75) is 26.7 Å². The summed E-state index contributed by atoms with van der Waals surface area (Å²) in [5.41, 5.74) is 0.494. The summed E-state index contributed by atoms with van der Waals surface area (Å²) < 4.78 is 0. The first-order valence-electron chi connectivity index (χ1n) is 6.63. The van der Waals surface area contributed by atoms with Gasteiger partial charge in [-0.25, -0.2) is 0 Å². The third kappa shape index (κ3) is 4.36. The Labute approximate surface area is 114 Å². The van der Waals surface area contributed by atoms with Crippen LogP contribution in [-0.4, -0.2) is 11.8 Å². The monoisotopic (exact) mass is 259 g/mol. The van der Waals surface area contributed by atoms with Gasteiger partial charge < -0.3 is 0 Å². The Kier molecular flexibility index (Phi) is 6.00. The molecule has 1 N–H and O–H groups in total. The summed E-state index contributed by atoms with van der Waals surface area (Å²) in [7, 11) is 0. The van der Waals surface area contributed by atoms with Gasteiger partial charge in [0.15, 0.2) is 0 Å². The van der Waals surface area contributed by atoms with Crippen LogP contribution in [0.15, 0.2) is 43.0 Å². The summed E-state index contributed by atoms with van der Waals surface area (Å²) in [4.78, 5) is 23.9. The number of carbonyl (C=O) groups is 2. The van der Waals surface area contributed by atoms with E-state index in [1.807, 2.05) is 13.0 Å². The van der Waals surface area contributed by atoms with Crippen LogP contribution in [0, 0.1) is 11.8 Å². The van der Waals surface area contributed by atoms with E-state index < -0.39 is 0 Å². The molecule has 0 saturated carbocycles. The fourth-order valence-corrected chi connectivity index (χ4v) is 1.99. The van der Waals surface area contributed by atoms with Gasteiger partial charge in [-0.15, -0.1) is 6.58 Å². The van der Waals surface area contributed by atoms with Crippen LogP contribution in [0.5, 0.6) is 0 Å². The second-order valence-corrected chi connectivity index (χ2v) is 4.66. The van der Waals surface area contributed by atoms with Gasteiger partial charge >= 0.3 is 0 Å². The summed E-state index contributed by atoms with van der Waals surface area (Å²) >= 11 is 0. The van der Waals surface area contributed by atoms with Crippen LogP contribution in [0.4, 0.5) is 0 Å². The van der Waals surface area contributed by atoms with Gasteiger partial charge in [0.25, 0.3) is 5.91 Å². The van der Waals surface area contributed by atoms with E-state index in [1.165, 1.54) is 0 Å². The van der Waals surface area contributed by atoms with Gasteiger partial charge in [0.2, 0.25) is 5.91 Å². The number of nitrogens with one attached hydrogen (secondary N) is 1. The largest absolute Gasteiger partial charge is 0.292 e. The molecule has 0 bridgehead atoms. The van der Waals surface area contributed by atoms with Gasteiger partial charge in [-0.2, -0.15) is 0 Å². The number of hydrogen-bond acceptors (Lipinski definition) is 2. The van der Waals surface area contributed by atoms with E-state index >= 15 is 0 Å². The molecule has 0 saturated heterocycles. The Bertz CT molecular complexity index is 439. The lowest BCUT2D eigenvalue weighted by Gasteiger charge is -2.19. The highest BCUT2D eigenvalue weighted by molar-refractivity contribution is 6.05. The van der Waals surface area contributed by atoms with Crippen molar-refractivity contribution in [1.82, 2.24) is 5.32 Å². The molecule has 2 atom stereocenters. The van der Waals surface area contributed by atoms with E-state index in [9.17, 15) is 9.59 Å². The van der Waals surface area contributed by atoms with E-state index in [1.54, 1.807) is 30.3 Å². The zero-order valence-electron chi connectivity index (χ0n) is 11.6. The highest BCUT2D eigenvalue weighted by Gasteiger charge is 2.22. The number of imide groups is 1. The molecular weight excluding hydrogens is 238 g/mol. The van der Waals surface area contributed by atoms with Crippen molar-refractivity contribution in [3.63, 3.8) is 0 Å². The molecule has 0 aromatic heterocycles. The predicted octanol–water partition coefficient (Wildman–Crippen LogP) is 3.18. The Hall–Kier alpha value is -1.90. The van der Waals surface area contributed by atoms with Gasteiger partial charge in [0.1, 0.15) is 0 Å². The summed E-state index contributed by atoms with van der Waals surface area (Å²) in [5.74, 6) is -0.734. The van der Waals surface area contributed by atoms with Crippen LogP contribution < -0.4 is 5.32 Å². The Morgan fingerprint density at radius 1 is 1.32 bits per heavy atom. The quantitative estimate of drug-likeness (QED) is 0.797. The zero-order valence-corrected chi connectivity index (χ0v) is 11.6. The number of carbonyl (C=O) groups excluding carboxylic acids is 2. The molecule has 0 aliphatic heterocycles. The smallest absolute Gasteiger partial charge is 0.257 e. The van der Waals surface area contributed by atoms with Crippen LogP contribution in [-0.2, 0) is 4.79 Å². The lowest BCUT2D eigenvalue weighted by molar-refractivity contribution is -0.124. The molecule has 3 nitrogen and oxygen atoms in total. The van der Waals surface area contributed by atoms with Crippen LogP contribution >= 0.6 is 0 Å². The molecule has 102 valence electrons. The molecule has 1 rings (SSSR count). The standard InChI is InChI=1S/C16H21NO2/c1-4-9-13(5-2)12(3)15(18)17-16(19)14-10-7-6-8-11-14/h5-8,10-13H,2,4,9H2,1,3H3,(H,17,18,19)/t12-,13-/m1/s1. The minimum Gasteiger partial charge on any atom is -0.292 e. The molecule has 0 unspecified atom stereocenters. The van der Waals surface area contributed by atoms with Gasteiger partial charge in [0.05, 0.1) is 0 Å². The number of amides is 2. The fraction of sp³-hybridized carbons (Fsp3) is 0.375. The first-order valence-corrected chi connectivity index (χ1v) is 6.63. The third-order valence-electron chi connectivity index (χ3n) is 3.25. The maximum atomic E-state index is 12.0. The third-order valence-corrected chi connectivity index (χ3v) is 3.25. The predicted molar refractivity (Wildman–Crippen MR) is 76.7 cm³/mol. The zero-order chi connectivity index (χ0) is 14.3. The van der Waals surface area contributed by atoms with E-state index in [0.29, 0.717) is 5.56 Å². The molecule has 3 heteroatoms. The molecule has 0 radical (unpaired) electrons. The number of rotatable bonds is 6. The number of allylic oxidation sites excluding steroid dienone is 1. The van der Waals surface area contributed by atoms with Crippen molar-refractivity contribution >= 4 is 11.8 Å². The second-order valence-electron chi connectivity index (χ2n) is 4.66. The van der Waals surface area contributed by atoms with Crippen molar-refractivity contribution in [1.29, 1.82) is 0 Å². The molecule has 2 amide bonds. The average molecular weight is 259 g/mol. The summed E-state index contributed by atoms with van der Waals surface area (Å²) in [6.45, 7) is 7.65. The topological polar surface area (TPSA) is 46.2 Å². The van der Waals surface area contributed by atoms with Crippen molar-refractivity contribution in [2.24, 2.45) is 11.8 Å². The molecule has 0 fully saturated rings. The summed E-state index contributed by atoms with van der Waals surface area (Å²) in [6.07, 6.45) is 3.68. The van der Waals surface area contributed by atoms with Crippen molar-refractivity contribution in [3.8, 4) is 0 Å². The Morgan fingerprint density at radius 3 is 2.47 bits per heavy atom. The molecule has 1 aromatic rings. The van der Waals surface area contributed by atoms with Crippen molar-refractivity contribution in [3.05, 3.63) is 48.6 Å². The van der Waals surface area contributed by atoms with Gasteiger partial charge in [-0.3, -0.25) is 14.9 Å². The van der Waals surface area contributed by atoms with E-state index in [4.69, 9.17) is 0 Å². The second kappa shape index (κ2) is 7.52. The van der Waals surface area contributed by atoms with E-state index in [-0.39, 0.29) is 23.7 Å². The highest BCUT2D eigenvalue weighted by Crippen LogP contribution is 2.18. The molecule has 19 heavy (non-hydrogen) atoms. The maximum Gasteiger partial charge on any atom is 0.257 e. The minimum absolute atomic E-state index is 0.105. The lowest BCUT2D eigenvalue weighted by atomic mass is 9.89. The SMILES string of the molecule is C=C[C@H](CCC)[C@@H](C)C(=O)NC(=O)c1ccccc1. The van der Waals surface area contributed by atoms with Crippen molar-refractivity contribution in [2.75, 3.05) is 0 Å². The first-order chi connectivity index (χ1) is 9.10. The first kappa shape index (κ1) is 15.2. The molecule has 1 aromatic carbocycles.